The molecule has 0 saturated carbocycles. The van der Waals surface area contributed by atoms with Crippen molar-refractivity contribution in [1.82, 2.24) is 0 Å². The Morgan fingerprint density at radius 1 is 1.19 bits per heavy atom. The van der Waals surface area contributed by atoms with E-state index in [2.05, 4.69) is 0 Å². The van der Waals surface area contributed by atoms with E-state index in [0.29, 0.717) is 11.3 Å². The van der Waals surface area contributed by atoms with Gasteiger partial charge in [0.1, 0.15) is 11.8 Å². The Labute approximate surface area is 92.6 Å². The van der Waals surface area contributed by atoms with Gasteiger partial charge in [-0.3, -0.25) is 0 Å². The number of sulfone groups is 1. The average Bonchev–Trinajstić information content (AvgIpc) is 2.43. The maximum Gasteiger partial charge on any atom is 0.359 e. The molecular formula is C8H14NO6S+. The van der Waals surface area contributed by atoms with E-state index in [0.717, 1.165) is 0 Å². The van der Waals surface area contributed by atoms with Crippen LogP contribution in [0.3, 0.4) is 0 Å². The van der Waals surface area contributed by atoms with Crippen molar-refractivity contribution < 1.29 is 33.1 Å². The third-order valence-corrected chi connectivity index (χ3v) is 4.33. The second kappa shape index (κ2) is 4.79. The highest BCUT2D eigenvalue weighted by Gasteiger charge is 2.37. The summed E-state index contributed by atoms with van der Waals surface area (Å²) in [5.41, 5.74) is 0. The van der Waals surface area contributed by atoms with Crippen LogP contribution in [0.2, 0.25) is 0 Å². The van der Waals surface area contributed by atoms with E-state index in [1.807, 2.05) is 0 Å². The molecule has 1 aliphatic rings. The van der Waals surface area contributed by atoms with Crippen LogP contribution in [0.4, 0.5) is 0 Å². The summed E-state index contributed by atoms with van der Waals surface area (Å²) >= 11 is 0. The van der Waals surface area contributed by atoms with Crippen molar-refractivity contribution in [2.45, 2.75) is 12.5 Å². The minimum absolute atomic E-state index is 0.0143. The fourth-order valence-electron chi connectivity index (χ4n) is 1.86. The first-order valence-corrected chi connectivity index (χ1v) is 6.61. The first kappa shape index (κ1) is 12.9. The number of carboxylic acids is 2. The van der Waals surface area contributed by atoms with E-state index >= 15 is 0 Å². The Morgan fingerprint density at radius 2 is 1.69 bits per heavy atom. The highest BCUT2D eigenvalue weighted by atomic mass is 32.2. The van der Waals surface area contributed by atoms with Crippen LogP contribution in [0.5, 0.6) is 0 Å². The lowest BCUT2D eigenvalue weighted by Crippen LogP contribution is -3.17. The topological polar surface area (TPSA) is 113 Å². The summed E-state index contributed by atoms with van der Waals surface area (Å²) in [6, 6.07) is -0.419. The molecule has 0 aromatic rings. The van der Waals surface area contributed by atoms with Crippen LogP contribution in [0, 0.1) is 0 Å². The summed E-state index contributed by atoms with van der Waals surface area (Å²) < 4.78 is 22.4. The highest BCUT2D eigenvalue weighted by Crippen LogP contribution is 2.08. The molecule has 3 N–H and O–H groups in total. The molecule has 8 heteroatoms. The van der Waals surface area contributed by atoms with Gasteiger partial charge in [-0.25, -0.2) is 18.0 Å². The number of carbonyl (C=O) groups is 2. The minimum atomic E-state index is -3.12. The zero-order valence-electron chi connectivity index (χ0n) is 8.55. The molecule has 0 amide bonds. The zero-order valence-corrected chi connectivity index (χ0v) is 9.37. The largest absolute Gasteiger partial charge is 0.477 e. The van der Waals surface area contributed by atoms with E-state index in [4.69, 9.17) is 10.2 Å². The van der Waals surface area contributed by atoms with Crippen molar-refractivity contribution in [3.8, 4) is 0 Å². The van der Waals surface area contributed by atoms with Crippen LogP contribution in [0.15, 0.2) is 0 Å². The highest BCUT2D eigenvalue weighted by molar-refractivity contribution is 7.91. The molecule has 1 fully saturated rings. The first-order valence-electron chi connectivity index (χ1n) is 4.79. The Morgan fingerprint density at radius 3 is 2.00 bits per heavy atom. The van der Waals surface area contributed by atoms with Gasteiger partial charge in [0, 0.05) is 6.42 Å². The van der Waals surface area contributed by atoms with Crippen LogP contribution in [0.25, 0.3) is 0 Å². The van der Waals surface area contributed by atoms with Crippen molar-refractivity contribution in [1.29, 1.82) is 0 Å². The fraction of sp³-hybridized carbons (Fsp3) is 0.750. The summed E-state index contributed by atoms with van der Waals surface area (Å²) in [6.45, 7) is -0.737. The van der Waals surface area contributed by atoms with Gasteiger partial charge in [0.25, 0.3) is 0 Å². The molecule has 0 aliphatic carbocycles. The lowest BCUT2D eigenvalue weighted by Gasteiger charge is -2.20. The minimum Gasteiger partial charge on any atom is -0.477 e. The van der Waals surface area contributed by atoms with E-state index in [1.54, 1.807) is 0 Å². The molecule has 0 aromatic heterocycles. The molecule has 1 aliphatic heterocycles. The lowest BCUT2D eigenvalue weighted by molar-refractivity contribution is -0.907. The second-order valence-electron chi connectivity index (χ2n) is 3.90. The molecule has 0 bridgehead atoms. The molecule has 0 aromatic carbocycles. The molecule has 1 unspecified atom stereocenters. The molecule has 92 valence electrons. The smallest absolute Gasteiger partial charge is 0.359 e. The molecule has 1 heterocycles. The fourth-order valence-corrected chi connectivity index (χ4v) is 3.68. The number of hydrogen-bond acceptors (Lipinski definition) is 4. The summed E-state index contributed by atoms with van der Waals surface area (Å²) in [5, 5.41) is 17.2. The van der Waals surface area contributed by atoms with Gasteiger partial charge in [0.05, 0.1) is 5.75 Å². The monoisotopic (exact) mass is 252 g/mol. The van der Waals surface area contributed by atoms with Crippen LogP contribution in [0.1, 0.15) is 6.42 Å². The van der Waals surface area contributed by atoms with Crippen molar-refractivity contribution in [3.63, 3.8) is 0 Å². The average molecular weight is 252 g/mol. The third kappa shape index (κ3) is 3.78. The number of hydrogen-bond donors (Lipinski definition) is 3. The van der Waals surface area contributed by atoms with Gasteiger partial charge >= 0.3 is 11.9 Å². The quantitative estimate of drug-likeness (QED) is 0.488. The molecule has 1 saturated heterocycles. The maximum atomic E-state index is 11.2. The Hall–Kier alpha value is -1.15. The first-order chi connectivity index (χ1) is 7.30. The van der Waals surface area contributed by atoms with Crippen LogP contribution in [-0.4, -0.2) is 61.2 Å². The zero-order chi connectivity index (χ0) is 12.3. The van der Waals surface area contributed by atoms with Crippen molar-refractivity contribution >= 4 is 21.8 Å². The van der Waals surface area contributed by atoms with Gasteiger partial charge in [-0.15, -0.1) is 0 Å². The molecule has 16 heavy (non-hydrogen) atoms. The standard InChI is InChI=1S/C8H13NO6S/c10-7(11)3-9(4-8(12)13)6-1-2-16(14,15)5-6/h6H,1-5H2,(H,10,11)(H,12,13)/p+1. The van der Waals surface area contributed by atoms with Crippen LogP contribution < -0.4 is 4.90 Å². The van der Waals surface area contributed by atoms with Crippen LogP contribution in [-0.2, 0) is 19.4 Å². The third-order valence-electron chi connectivity index (χ3n) is 2.57. The van der Waals surface area contributed by atoms with Crippen molar-refractivity contribution in [2.24, 2.45) is 0 Å². The number of carboxylic acid groups (broad SMARTS) is 2. The number of quaternary nitrogens is 1. The van der Waals surface area contributed by atoms with E-state index in [9.17, 15) is 18.0 Å². The molecule has 7 nitrogen and oxygen atoms in total. The summed E-state index contributed by atoms with van der Waals surface area (Å²) in [4.78, 5) is 21.4. The molecule has 0 radical (unpaired) electrons. The predicted octanol–water partition coefficient (Wildman–Crippen LogP) is -2.77. The lowest BCUT2D eigenvalue weighted by atomic mass is 10.2. The van der Waals surface area contributed by atoms with Gasteiger partial charge in [-0.05, 0) is 0 Å². The molecule has 1 atom stereocenters. The molecular weight excluding hydrogens is 238 g/mol. The van der Waals surface area contributed by atoms with Gasteiger partial charge < -0.3 is 15.1 Å². The molecule has 1 rings (SSSR count). The van der Waals surface area contributed by atoms with Crippen LogP contribution >= 0.6 is 0 Å². The van der Waals surface area contributed by atoms with E-state index in [1.165, 1.54) is 0 Å². The summed E-state index contributed by atoms with van der Waals surface area (Å²) in [7, 11) is -3.12. The van der Waals surface area contributed by atoms with Gasteiger partial charge in [0.15, 0.2) is 22.9 Å². The number of aliphatic carboxylic acids is 2. The second-order valence-corrected chi connectivity index (χ2v) is 6.13. The Balaban J connectivity index is 2.69. The number of nitrogens with one attached hydrogen (secondary N) is 1. The van der Waals surface area contributed by atoms with E-state index < -0.39 is 27.8 Å². The summed E-state index contributed by atoms with van der Waals surface area (Å²) in [6.07, 6.45) is 0.332. The maximum absolute atomic E-state index is 11.2. The van der Waals surface area contributed by atoms with Crippen molar-refractivity contribution in [2.75, 3.05) is 24.6 Å². The SMILES string of the molecule is O=C(O)C[NH+](CC(=O)O)C1CCS(=O)(=O)C1. The van der Waals surface area contributed by atoms with Crippen molar-refractivity contribution in [3.05, 3.63) is 0 Å². The van der Waals surface area contributed by atoms with Gasteiger partial charge in [-0.1, -0.05) is 0 Å². The number of rotatable bonds is 5. The van der Waals surface area contributed by atoms with Gasteiger partial charge in [-0.2, -0.15) is 0 Å². The Kier molecular flexibility index (Phi) is 3.87. The molecule has 0 spiro atoms. The Bertz CT molecular complexity index is 373. The summed E-state index contributed by atoms with van der Waals surface area (Å²) in [5.74, 6) is -2.36. The normalized spacial score (nSPS) is 23.4. The predicted molar refractivity (Wildman–Crippen MR) is 53.0 cm³/mol. The van der Waals surface area contributed by atoms with E-state index in [-0.39, 0.29) is 24.6 Å². The van der Waals surface area contributed by atoms with Gasteiger partial charge in [0.2, 0.25) is 0 Å².